The van der Waals surface area contributed by atoms with E-state index in [9.17, 15) is 0 Å². The summed E-state index contributed by atoms with van der Waals surface area (Å²) in [5.74, 6) is 1.49. The van der Waals surface area contributed by atoms with E-state index in [1.54, 1.807) is 0 Å². The van der Waals surface area contributed by atoms with Crippen LogP contribution in [0.2, 0.25) is 0 Å². The summed E-state index contributed by atoms with van der Waals surface area (Å²) < 4.78 is 6.39. The van der Waals surface area contributed by atoms with Gasteiger partial charge in [0.05, 0.1) is 11.2 Å². The van der Waals surface area contributed by atoms with Gasteiger partial charge in [-0.05, 0) is 65.8 Å². The van der Waals surface area contributed by atoms with Crippen molar-refractivity contribution in [3.8, 4) is 0 Å². The third kappa shape index (κ3) is 4.45. The quantitative estimate of drug-likeness (QED) is 0.727. The Kier molecular flexibility index (Phi) is 5.76. The second-order valence-corrected chi connectivity index (χ2v) is 8.51. The molecule has 21 heavy (non-hydrogen) atoms. The van der Waals surface area contributed by atoms with Gasteiger partial charge in [-0.25, -0.2) is 0 Å². The van der Waals surface area contributed by atoms with Gasteiger partial charge in [0.15, 0.2) is 0 Å². The summed E-state index contributed by atoms with van der Waals surface area (Å²) in [6.45, 7) is 12.6. The molecule has 2 heteroatoms. The highest BCUT2D eigenvalue weighted by Gasteiger charge is 2.50. The zero-order chi connectivity index (χ0) is 15.5. The highest BCUT2D eigenvalue weighted by Crippen LogP contribution is 2.46. The maximum absolute atomic E-state index is 6.39. The minimum absolute atomic E-state index is 0.00120. The highest BCUT2D eigenvalue weighted by molar-refractivity contribution is 5.01. The van der Waals surface area contributed by atoms with Gasteiger partial charge in [0.2, 0.25) is 0 Å². The van der Waals surface area contributed by atoms with E-state index in [0.717, 1.165) is 12.5 Å². The van der Waals surface area contributed by atoms with Gasteiger partial charge in [-0.1, -0.05) is 32.6 Å². The molecule has 2 atom stereocenters. The topological polar surface area (TPSA) is 21.3 Å². The minimum Gasteiger partial charge on any atom is -0.369 e. The molecule has 2 nitrogen and oxygen atoms in total. The Labute approximate surface area is 132 Å². The monoisotopic (exact) mass is 295 g/mol. The van der Waals surface area contributed by atoms with Crippen LogP contribution in [0.1, 0.15) is 86.0 Å². The van der Waals surface area contributed by atoms with Crippen molar-refractivity contribution in [2.75, 3.05) is 6.54 Å². The van der Waals surface area contributed by atoms with E-state index in [-0.39, 0.29) is 11.2 Å². The van der Waals surface area contributed by atoms with E-state index in [2.05, 4.69) is 39.9 Å². The van der Waals surface area contributed by atoms with Crippen LogP contribution in [0.5, 0.6) is 0 Å². The standard InChI is InChI=1S/C19H37NO/c1-6-13-20-17(15-11-9-7-8-10-12-15)16-14-18(2,3)21-19(16,4)5/h15-17,20H,6-14H2,1-5H3. The van der Waals surface area contributed by atoms with Crippen LogP contribution >= 0.6 is 0 Å². The number of ether oxygens (including phenoxy) is 1. The van der Waals surface area contributed by atoms with Crippen LogP contribution in [0.4, 0.5) is 0 Å². The molecular weight excluding hydrogens is 258 g/mol. The van der Waals surface area contributed by atoms with Crippen LogP contribution in [0.15, 0.2) is 0 Å². The Morgan fingerprint density at radius 3 is 2.14 bits per heavy atom. The fourth-order valence-electron chi connectivity index (χ4n) is 4.78. The van der Waals surface area contributed by atoms with Gasteiger partial charge in [0.1, 0.15) is 0 Å². The smallest absolute Gasteiger partial charge is 0.0677 e. The fourth-order valence-corrected chi connectivity index (χ4v) is 4.78. The van der Waals surface area contributed by atoms with Crippen LogP contribution in [-0.4, -0.2) is 23.8 Å². The molecule has 0 aromatic heterocycles. The molecule has 2 aliphatic rings. The first-order chi connectivity index (χ1) is 9.86. The van der Waals surface area contributed by atoms with Gasteiger partial charge in [-0.2, -0.15) is 0 Å². The van der Waals surface area contributed by atoms with E-state index in [4.69, 9.17) is 4.74 Å². The molecule has 2 fully saturated rings. The van der Waals surface area contributed by atoms with Gasteiger partial charge < -0.3 is 10.1 Å². The van der Waals surface area contributed by atoms with Crippen molar-refractivity contribution < 1.29 is 4.74 Å². The van der Waals surface area contributed by atoms with Crippen LogP contribution in [0, 0.1) is 11.8 Å². The van der Waals surface area contributed by atoms with E-state index in [0.29, 0.717) is 12.0 Å². The first kappa shape index (κ1) is 17.3. The SMILES string of the molecule is CCCNC(C1CCCCCC1)C1CC(C)(C)OC1(C)C. The molecule has 1 saturated heterocycles. The maximum Gasteiger partial charge on any atom is 0.0677 e. The van der Waals surface area contributed by atoms with Gasteiger partial charge in [-0.3, -0.25) is 0 Å². The number of rotatable bonds is 5. The summed E-state index contributed by atoms with van der Waals surface area (Å²) in [6, 6.07) is 0.639. The maximum atomic E-state index is 6.39. The molecule has 2 rings (SSSR count). The molecule has 0 amide bonds. The van der Waals surface area contributed by atoms with Crippen molar-refractivity contribution in [3.63, 3.8) is 0 Å². The van der Waals surface area contributed by atoms with Crippen molar-refractivity contribution in [2.45, 2.75) is 103 Å². The summed E-state index contributed by atoms with van der Waals surface area (Å²) in [5, 5.41) is 3.92. The average molecular weight is 296 g/mol. The normalized spacial score (nSPS) is 31.0. The molecule has 0 aromatic carbocycles. The zero-order valence-electron chi connectivity index (χ0n) is 15.0. The van der Waals surface area contributed by atoms with Crippen LogP contribution in [0.25, 0.3) is 0 Å². The summed E-state index contributed by atoms with van der Waals surface area (Å²) in [4.78, 5) is 0. The first-order valence-corrected chi connectivity index (χ1v) is 9.29. The lowest BCUT2D eigenvalue weighted by Crippen LogP contribution is -2.48. The van der Waals surface area contributed by atoms with Crippen LogP contribution < -0.4 is 5.32 Å². The second-order valence-electron chi connectivity index (χ2n) is 8.51. The molecule has 1 aliphatic heterocycles. The number of hydrogen-bond acceptors (Lipinski definition) is 2. The lowest BCUT2D eigenvalue weighted by atomic mass is 9.74. The largest absolute Gasteiger partial charge is 0.369 e. The average Bonchev–Trinajstić information content (AvgIpc) is 2.60. The van der Waals surface area contributed by atoms with Gasteiger partial charge in [-0.15, -0.1) is 0 Å². The highest BCUT2D eigenvalue weighted by atomic mass is 16.5. The molecule has 0 bridgehead atoms. The van der Waals surface area contributed by atoms with Crippen LogP contribution in [-0.2, 0) is 4.74 Å². The summed E-state index contributed by atoms with van der Waals surface area (Å²) in [6.07, 6.45) is 11.0. The predicted molar refractivity (Wildman–Crippen MR) is 90.6 cm³/mol. The molecule has 1 N–H and O–H groups in total. The predicted octanol–water partition coefficient (Wildman–Crippen LogP) is 4.92. The first-order valence-electron chi connectivity index (χ1n) is 9.29. The number of hydrogen-bond donors (Lipinski definition) is 1. The van der Waals surface area contributed by atoms with Gasteiger partial charge in [0, 0.05) is 12.0 Å². The number of nitrogens with one attached hydrogen (secondary N) is 1. The Balaban J connectivity index is 2.14. The van der Waals surface area contributed by atoms with Crippen molar-refractivity contribution in [2.24, 2.45) is 11.8 Å². The molecule has 124 valence electrons. The molecule has 0 radical (unpaired) electrons. The van der Waals surface area contributed by atoms with Crippen LogP contribution in [0.3, 0.4) is 0 Å². The van der Waals surface area contributed by atoms with Crippen molar-refractivity contribution in [3.05, 3.63) is 0 Å². The molecule has 1 aliphatic carbocycles. The van der Waals surface area contributed by atoms with E-state index in [1.165, 1.54) is 51.4 Å². The Morgan fingerprint density at radius 2 is 1.67 bits per heavy atom. The van der Waals surface area contributed by atoms with E-state index < -0.39 is 0 Å². The third-order valence-corrected chi connectivity index (χ3v) is 5.62. The Hall–Kier alpha value is -0.0800. The molecule has 1 saturated carbocycles. The molecular formula is C19H37NO. The Bertz CT molecular complexity index is 316. The third-order valence-electron chi connectivity index (χ3n) is 5.62. The summed E-state index contributed by atoms with van der Waals surface area (Å²) in [5.41, 5.74) is 0.0340. The second kappa shape index (κ2) is 7.00. The summed E-state index contributed by atoms with van der Waals surface area (Å²) >= 11 is 0. The Morgan fingerprint density at radius 1 is 1.05 bits per heavy atom. The van der Waals surface area contributed by atoms with Crippen molar-refractivity contribution >= 4 is 0 Å². The fraction of sp³-hybridized carbons (Fsp3) is 1.00. The van der Waals surface area contributed by atoms with Gasteiger partial charge >= 0.3 is 0 Å². The van der Waals surface area contributed by atoms with E-state index >= 15 is 0 Å². The molecule has 0 spiro atoms. The zero-order valence-corrected chi connectivity index (χ0v) is 15.0. The van der Waals surface area contributed by atoms with E-state index in [1.807, 2.05) is 0 Å². The van der Waals surface area contributed by atoms with Crippen molar-refractivity contribution in [1.82, 2.24) is 5.32 Å². The van der Waals surface area contributed by atoms with Crippen molar-refractivity contribution in [1.29, 1.82) is 0 Å². The summed E-state index contributed by atoms with van der Waals surface area (Å²) in [7, 11) is 0. The molecule has 1 heterocycles. The lowest BCUT2D eigenvalue weighted by molar-refractivity contribution is -0.0798. The van der Waals surface area contributed by atoms with Gasteiger partial charge in [0.25, 0.3) is 0 Å². The lowest BCUT2D eigenvalue weighted by Gasteiger charge is -2.38. The minimum atomic E-state index is 0.00120. The molecule has 0 aromatic rings. The molecule has 2 unspecified atom stereocenters.